The van der Waals surface area contributed by atoms with Crippen molar-refractivity contribution in [2.24, 2.45) is 5.73 Å². The van der Waals surface area contributed by atoms with Crippen molar-refractivity contribution in [3.8, 4) is 22.5 Å². The fraction of sp³-hybridized carbons (Fsp3) is 0.394. The molecule has 10 heteroatoms. The van der Waals surface area contributed by atoms with Gasteiger partial charge >= 0.3 is 13.6 Å². The number of carbonyl (C=O) groups is 1. The SMILES string of the molecule is CC(=O)OCCCP(=O)(O)O.CCN(CC)c1ccc2c(-c3ccccc3)c3ccc(=[N+](CC)CC)cc-3oc2c1.CN. The number of hydrogen-bond acceptors (Lipinski definition) is 6. The van der Waals surface area contributed by atoms with Gasteiger partial charge in [0, 0.05) is 54.3 Å². The van der Waals surface area contributed by atoms with Crippen molar-refractivity contribution in [2.45, 2.75) is 41.0 Å². The van der Waals surface area contributed by atoms with Gasteiger partial charge in [0.05, 0.1) is 18.8 Å². The van der Waals surface area contributed by atoms with Crippen molar-refractivity contribution in [2.75, 3.05) is 50.9 Å². The van der Waals surface area contributed by atoms with Gasteiger partial charge in [-0.15, -0.1) is 0 Å². The maximum absolute atomic E-state index is 10.2. The summed E-state index contributed by atoms with van der Waals surface area (Å²) < 4.78 is 23.6. The molecule has 1 aliphatic carbocycles. The van der Waals surface area contributed by atoms with Crippen molar-refractivity contribution >= 4 is 30.2 Å². The van der Waals surface area contributed by atoms with E-state index in [0.717, 1.165) is 48.5 Å². The standard InChI is InChI=1S/C27H31N2O.C5H11O5P.CH5N/c1-5-28(6-2)21-14-16-23-25(18-21)30-26-19-22(29(7-3)8-4)15-17-24(26)27(23)20-12-10-9-11-13-20;1-5(6)10-3-2-4-11(7,8)9;1-2/h9-19H,5-8H2,1-4H3;2-4H2,1H3,(H2,7,8,9);2H2,1H3/q+1;;. The average molecular weight is 613 g/mol. The van der Waals surface area contributed by atoms with E-state index in [1.54, 1.807) is 0 Å². The highest BCUT2D eigenvalue weighted by molar-refractivity contribution is 7.51. The number of nitrogens with two attached hydrogens (primary N) is 1. The molecule has 0 unspecified atom stereocenters. The number of rotatable bonds is 10. The lowest BCUT2D eigenvalue weighted by Crippen LogP contribution is -2.29. The first-order valence-corrected chi connectivity index (χ1v) is 16.6. The molecule has 43 heavy (non-hydrogen) atoms. The van der Waals surface area contributed by atoms with Crippen LogP contribution < -0.4 is 20.6 Å². The Morgan fingerprint density at radius 1 is 0.953 bits per heavy atom. The average Bonchev–Trinajstić information content (AvgIpc) is 3.00. The highest BCUT2D eigenvalue weighted by Crippen LogP contribution is 2.40. The van der Waals surface area contributed by atoms with E-state index in [-0.39, 0.29) is 19.2 Å². The van der Waals surface area contributed by atoms with E-state index >= 15 is 0 Å². The Labute approximate surface area is 255 Å². The summed E-state index contributed by atoms with van der Waals surface area (Å²) in [4.78, 5) is 29.2. The minimum atomic E-state index is -3.92. The Bertz CT molecular complexity index is 1520. The van der Waals surface area contributed by atoms with Crippen molar-refractivity contribution in [3.63, 3.8) is 0 Å². The van der Waals surface area contributed by atoms with Gasteiger partial charge in [0.15, 0.2) is 0 Å². The third-order valence-corrected chi connectivity index (χ3v) is 7.81. The topological polar surface area (TPSA) is 129 Å². The van der Waals surface area contributed by atoms with E-state index in [9.17, 15) is 9.36 Å². The number of fused-ring (bicyclic) bond motifs is 2. The van der Waals surface area contributed by atoms with Gasteiger partial charge in [0.1, 0.15) is 24.4 Å². The molecule has 0 fully saturated rings. The lowest BCUT2D eigenvalue weighted by atomic mass is 9.93. The van der Waals surface area contributed by atoms with E-state index in [2.05, 4.69) is 114 Å². The van der Waals surface area contributed by atoms with Crippen LogP contribution in [-0.2, 0) is 14.1 Å². The lowest BCUT2D eigenvalue weighted by molar-refractivity contribution is -0.140. The number of benzene rings is 3. The van der Waals surface area contributed by atoms with Crippen LogP contribution >= 0.6 is 7.60 Å². The van der Waals surface area contributed by atoms with Crippen LogP contribution in [0.15, 0.2) is 71.1 Å². The third-order valence-electron chi connectivity index (χ3n) is 6.91. The summed E-state index contributed by atoms with van der Waals surface area (Å²) in [5.74, 6) is 0.498. The number of carbonyl (C=O) groups excluding carboxylic acids is 1. The van der Waals surface area contributed by atoms with Gasteiger partial charge in [-0.2, -0.15) is 0 Å². The molecule has 4 N–H and O–H groups in total. The molecule has 1 heterocycles. The van der Waals surface area contributed by atoms with Gasteiger partial charge in [0.2, 0.25) is 5.36 Å². The molecular weight excluding hydrogens is 565 g/mol. The highest BCUT2D eigenvalue weighted by Gasteiger charge is 2.19. The maximum atomic E-state index is 10.2. The third kappa shape index (κ3) is 10.3. The Balaban J connectivity index is 0.000000422. The van der Waals surface area contributed by atoms with Gasteiger partial charge in [0.25, 0.3) is 0 Å². The summed E-state index contributed by atoms with van der Waals surface area (Å²) in [7, 11) is -2.42. The molecule has 1 aliphatic heterocycles. The van der Waals surface area contributed by atoms with Gasteiger partial charge in [-0.25, -0.2) is 4.58 Å². The monoisotopic (exact) mass is 612 g/mol. The fourth-order valence-electron chi connectivity index (χ4n) is 4.84. The van der Waals surface area contributed by atoms with Gasteiger partial charge in [-0.05, 0) is 64.9 Å². The van der Waals surface area contributed by atoms with E-state index < -0.39 is 13.6 Å². The molecule has 0 amide bonds. The first kappa shape index (κ1) is 35.7. The Morgan fingerprint density at radius 3 is 2.16 bits per heavy atom. The van der Waals surface area contributed by atoms with Crippen molar-refractivity contribution < 1.29 is 28.3 Å². The number of hydrogen-bond donors (Lipinski definition) is 3. The molecule has 2 aliphatic rings. The molecule has 0 saturated carbocycles. The summed E-state index contributed by atoms with van der Waals surface area (Å²) in [5.41, 5.74) is 10.2. The summed E-state index contributed by atoms with van der Waals surface area (Å²) in [6, 6.07) is 23.9. The number of ether oxygens (including phenoxy) is 1. The molecule has 2 aromatic rings. The van der Waals surface area contributed by atoms with Crippen LogP contribution in [0.5, 0.6) is 0 Å². The van der Waals surface area contributed by atoms with E-state index in [1.165, 1.54) is 36.1 Å². The number of esters is 1. The molecule has 9 nitrogen and oxygen atoms in total. The van der Waals surface area contributed by atoms with E-state index in [4.69, 9.17) is 14.2 Å². The number of anilines is 1. The Kier molecular flexibility index (Phi) is 14.6. The van der Waals surface area contributed by atoms with Crippen LogP contribution in [0, 0.1) is 0 Å². The first-order chi connectivity index (χ1) is 20.6. The van der Waals surface area contributed by atoms with E-state index in [1.807, 2.05) is 0 Å². The zero-order valence-electron chi connectivity index (χ0n) is 26.2. The smallest absolute Gasteiger partial charge is 0.325 e. The normalized spacial score (nSPS) is 10.8. The predicted molar refractivity (Wildman–Crippen MR) is 176 cm³/mol. The Hall–Kier alpha value is -3.49. The minimum Gasteiger partial charge on any atom is -0.466 e. The second kappa shape index (κ2) is 17.6. The largest absolute Gasteiger partial charge is 0.466 e. The molecule has 0 saturated heterocycles. The quantitative estimate of drug-likeness (QED) is 0.0699. The summed E-state index contributed by atoms with van der Waals surface area (Å²) in [6.07, 6.45) is -0.0376. The van der Waals surface area contributed by atoms with Crippen LogP contribution in [0.3, 0.4) is 0 Å². The molecule has 0 spiro atoms. The fourth-order valence-corrected chi connectivity index (χ4v) is 5.38. The van der Waals surface area contributed by atoms with Crippen molar-refractivity contribution in [1.82, 2.24) is 4.58 Å². The molecule has 234 valence electrons. The number of nitrogens with zero attached hydrogens (tertiary/aromatic N) is 2. The zero-order valence-corrected chi connectivity index (χ0v) is 27.1. The molecule has 4 rings (SSSR count). The highest BCUT2D eigenvalue weighted by atomic mass is 31.2. The summed E-state index contributed by atoms with van der Waals surface area (Å²) in [5, 5.41) is 2.36. The summed E-state index contributed by atoms with van der Waals surface area (Å²) in [6.45, 7) is 14.0. The first-order valence-electron chi connectivity index (χ1n) is 14.8. The van der Waals surface area contributed by atoms with Crippen molar-refractivity contribution in [3.05, 3.63) is 72.1 Å². The molecule has 0 bridgehead atoms. The minimum absolute atomic E-state index is 0.0699. The molecule has 2 aromatic carbocycles. The van der Waals surface area contributed by atoms with Gasteiger partial charge < -0.3 is 29.6 Å². The van der Waals surface area contributed by atoms with Crippen LogP contribution in [-0.4, -0.2) is 61.8 Å². The molecule has 0 atom stereocenters. The molecular formula is C33H47N3O6P+. The molecule has 0 aromatic heterocycles. The van der Waals surface area contributed by atoms with Crippen LogP contribution in [0.1, 0.15) is 41.0 Å². The van der Waals surface area contributed by atoms with Crippen LogP contribution in [0.4, 0.5) is 5.69 Å². The maximum Gasteiger partial charge on any atom is 0.325 e. The van der Waals surface area contributed by atoms with Crippen LogP contribution in [0.25, 0.3) is 33.4 Å². The second-order valence-electron chi connectivity index (χ2n) is 9.63. The van der Waals surface area contributed by atoms with E-state index in [0.29, 0.717) is 0 Å². The molecule has 0 radical (unpaired) electrons. The van der Waals surface area contributed by atoms with Crippen LogP contribution in [0.2, 0.25) is 0 Å². The summed E-state index contributed by atoms with van der Waals surface area (Å²) >= 11 is 0. The lowest BCUT2D eigenvalue weighted by Gasteiger charge is -2.22. The van der Waals surface area contributed by atoms with Gasteiger partial charge in [-0.1, -0.05) is 30.3 Å². The Morgan fingerprint density at radius 2 is 1.60 bits per heavy atom. The second-order valence-corrected chi connectivity index (χ2v) is 11.4. The van der Waals surface area contributed by atoms with Crippen molar-refractivity contribution in [1.29, 1.82) is 0 Å². The predicted octanol–water partition coefficient (Wildman–Crippen LogP) is 5.56. The zero-order chi connectivity index (χ0) is 32.0. The van der Waals surface area contributed by atoms with Gasteiger partial charge in [-0.3, -0.25) is 9.36 Å².